The molecule has 230 valence electrons. The molecule has 0 aliphatic carbocycles. The van der Waals surface area contributed by atoms with Crippen LogP contribution >= 0.6 is 23.2 Å². The number of carbonyl (C=O) groups is 2. The van der Waals surface area contributed by atoms with Gasteiger partial charge in [-0.15, -0.1) is 0 Å². The Morgan fingerprint density at radius 1 is 0.795 bits per heavy atom. The minimum absolute atomic E-state index is 0.0385. The average molecular weight is 653 g/mol. The van der Waals surface area contributed by atoms with Crippen molar-refractivity contribution in [2.45, 2.75) is 44.2 Å². The van der Waals surface area contributed by atoms with Crippen LogP contribution in [0.5, 0.6) is 0 Å². The van der Waals surface area contributed by atoms with E-state index >= 15 is 0 Å². The number of aryl methyl sites for hydroxylation is 1. The molecule has 7 nitrogen and oxygen atoms in total. The molecular weight excluding hydrogens is 617 g/mol. The van der Waals surface area contributed by atoms with Crippen molar-refractivity contribution in [3.05, 3.63) is 130 Å². The Balaban J connectivity index is 1.78. The standard InChI is InChI=1S/C34H35Cl2N3O4S/c1-3-21-37-34(41)32(22-26-7-5-4-6-8-26)38(23-27-11-13-28(35)14-12-27)33(40)24-39(30-17-15-29(36)16-18-30)44(42,43)31-19-9-25(2)10-20-31/h4-20,32H,3,21-24H2,1-2H3,(H,37,41). The smallest absolute Gasteiger partial charge is 0.264 e. The number of sulfonamides is 1. The van der Waals surface area contributed by atoms with Crippen molar-refractivity contribution in [3.63, 3.8) is 0 Å². The second kappa shape index (κ2) is 15.2. The summed E-state index contributed by atoms with van der Waals surface area (Å²) in [5.41, 5.74) is 2.77. The topological polar surface area (TPSA) is 86.8 Å². The Bertz CT molecular complexity index is 1650. The van der Waals surface area contributed by atoms with Crippen molar-refractivity contribution >= 4 is 50.7 Å². The molecule has 4 aromatic rings. The first-order valence-electron chi connectivity index (χ1n) is 14.3. The lowest BCUT2D eigenvalue weighted by atomic mass is 10.0. The van der Waals surface area contributed by atoms with Crippen molar-refractivity contribution in [1.82, 2.24) is 10.2 Å². The van der Waals surface area contributed by atoms with Crippen LogP contribution in [0.1, 0.15) is 30.0 Å². The summed E-state index contributed by atoms with van der Waals surface area (Å²) >= 11 is 12.2. The van der Waals surface area contributed by atoms with E-state index < -0.39 is 28.5 Å². The molecule has 2 amide bonds. The van der Waals surface area contributed by atoms with Gasteiger partial charge >= 0.3 is 0 Å². The highest BCUT2D eigenvalue weighted by Crippen LogP contribution is 2.27. The second-order valence-corrected chi connectivity index (χ2v) is 13.2. The summed E-state index contributed by atoms with van der Waals surface area (Å²) in [4.78, 5) is 29.6. The molecule has 1 atom stereocenters. The van der Waals surface area contributed by atoms with Gasteiger partial charge in [0.2, 0.25) is 11.8 Å². The van der Waals surface area contributed by atoms with Crippen LogP contribution in [0, 0.1) is 6.92 Å². The summed E-state index contributed by atoms with van der Waals surface area (Å²) in [6.45, 7) is 3.76. The van der Waals surface area contributed by atoms with E-state index in [4.69, 9.17) is 23.2 Å². The maximum Gasteiger partial charge on any atom is 0.264 e. The molecule has 0 aliphatic rings. The maximum atomic E-state index is 14.4. The van der Waals surface area contributed by atoms with E-state index in [1.165, 1.54) is 17.0 Å². The fourth-order valence-corrected chi connectivity index (χ4v) is 6.35. The van der Waals surface area contributed by atoms with Crippen molar-refractivity contribution in [2.24, 2.45) is 0 Å². The predicted molar refractivity (Wildman–Crippen MR) is 176 cm³/mol. The van der Waals surface area contributed by atoms with Crippen LogP contribution in [0.4, 0.5) is 5.69 Å². The molecule has 0 radical (unpaired) electrons. The van der Waals surface area contributed by atoms with Crippen LogP contribution < -0.4 is 9.62 Å². The summed E-state index contributed by atoms with van der Waals surface area (Å²) in [7, 11) is -4.19. The summed E-state index contributed by atoms with van der Waals surface area (Å²) in [5, 5.41) is 3.89. The first-order chi connectivity index (χ1) is 21.1. The Morgan fingerprint density at radius 2 is 1.39 bits per heavy atom. The quantitative estimate of drug-likeness (QED) is 0.175. The third kappa shape index (κ3) is 8.62. The van der Waals surface area contributed by atoms with Crippen molar-refractivity contribution in [1.29, 1.82) is 0 Å². The van der Waals surface area contributed by atoms with E-state index in [2.05, 4.69) is 5.32 Å². The van der Waals surface area contributed by atoms with Crippen LogP contribution in [-0.4, -0.2) is 44.3 Å². The molecule has 1 unspecified atom stereocenters. The Morgan fingerprint density at radius 3 is 1.98 bits per heavy atom. The Labute approximate surface area is 269 Å². The first-order valence-corrected chi connectivity index (χ1v) is 16.5. The number of amides is 2. The average Bonchev–Trinajstić information content (AvgIpc) is 3.02. The molecule has 0 bridgehead atoms. The number of benzene rings is 4. The summed E-state index contributed by atoms with van der Waals surface area (Å²) in [6, 6.07) is 28.2. The monoisotopic (exact) mass is 651 g/mol. The first kappa shape index (κ1) is 33.1. The summed E-state index contributed by atoms with van der Waals surface area (Å²) < 4.78 is 29.2. The molecule has 0 saturated heterocycles. The zero-order chi connectivity index (χ0) is 31.7. The largest absolute Gasteiger partial charge is 0.354 e. The molecule has 0 aromatic heterocycles. The summed E-state index contributed by atoms with van der Waals surface area (Å²) in [5.74, 6) is -0.865. The zero-order valence-electron chi connectivity index (χ0n) is 24.6. The SMILES string of the molecule is CCCNC(=O)C(Cc1ccccc1)N(Cc1ccc(Cl)cc1)C(=O)CN(c1ccc(Cl)cc1)S(=O)(=O)c1ccc(C)cc1. The number of hydrogen-bond acceptors (Lipinski definition) is 4. The van der Waals surface area contributed by atoms with Crippen LogP contribution in [-0.2, 0) is 32.6 Å². The molecular formula is C34H35Cl2N3O4S. The molecule has 4 aromatic carbocycles. The number of nitrogens with one attached hydrogen (secondary N) is 1. The fourth-order valence-electron chi connectivity index (χ4n) is 4.68. The van der Waals surface area contributed by atoms with Crippen LogP contribution in [0.3, 0.4) is 0 Å². The lowest BCUT2D eigenvalue weighted by Gasteiger charge is -2.34. The minimum atomic E-state index is -4.19. The van der Waals surface area contributed by atoms with Crippen LogP contribution in [0.2, 0.25) is 10.0 Å². The number of hydrogen-bond donors (Lipinski definition) is 1. The molecule has 0 spiro atoms. The van der Waals surface area contributed by atoms with Gasteiger partial charge in [-0.05, 0) is 73.0 Å². The van der Waals surface area contributed by atoms with E-state index in [0.29, 0.717) is 23.0 Å². The minimum Gasteiger partial charge on any atom is -0.354 e. The van der Waals surface area contributed by atoms with Gasteiger partial charge in [-0.3, -0.25) is 13.9 Å². The van der Waals surface area contributed by atoms with E-state index in [1.807, 2.05) is 44.2 Å². The van der Waals surface area contributed by atoms with Crippen molar-refractivity contribution < 1.29 is 18.0 Å². The van der Waals surface area contributed by atoms with E-state index in [-0.39, 0.29) is 29.5 Å². The van der Waals surface area contributed by atoms with Gasteiger partial charge in [-0.25, -0.2) is 8.42 Å². The molecule has 0 aliphatic heterocycles. The van der Waals surface area contributed by atoms with Crippen molar-refractivity contribution in [2.75, 3.05) is 17.4 Å². The van der Waals surface area contributed by atoms with E-state index in [9.17, 15) is 18.0 Å². The number of carbonyl (C=O) groups excluding carboxylic acids is 2. The molecule has 1 N–H and O–H groups in total. The van der Waals surface area contributed by atoms with Crippen LogP contribution in [0.15, 0.2) is 108 Å². The van der Waals surface area contributed by atoms with Gasteiger partial charge in [0.15, 0.2) is 0 Å². The van der Waals surface area contributed by atoms with Gasteiger partial charge in [0.1, 0.15) is 12.6 Å². The lowest BCUT2D eigenvalue weighted by Crippen LogP contribution is -2.53. The highest BCUT2D eigenvalue weighted by Gasteiger charge is 2.34. The second-order valence-electron chi connectivity index (χ2n) is 10.4. The van der Waals surface area contributed by atoms with Gasteiger partial charge in [-0.1, -0.05) is 90.3 Å². The number of anilines is 1. The maximum absolute atomic E-state index is 14.4. The van der Waals surface area contributed by atoms with Gasteiger partial charge in [0.25, 0.3) is 10.0 Å². The number of nitrogens with zero attached hydrogens (tertiary/aromatic N) is 2. The number of rotatable bonds is 13. The van der Waals surface area contributed by atoms with Gasteiger partial charge in [0, 0.05) is 29.6 Å². The highest BCUT2D eigenvalue weighted by molar-refractivity contribution is 7.92. The third-order valence-corrected chi connectivity index (χ3v) is 9.38. The zero-order valence-corrected chi connectivity index (χ0v) is 26.9. The van der Waals surface area contributed by atoms with Gasteiger partial charge in [-0.2, -0.15) is 0 Å². The molecule has 0 saturated carbocycles. The highest BCUT2D eigenvalue weighted by atomic mass is 35.5. The van der Waals surface area contributed by atoms with Gasteiger partial charge < -0.3 is 10.2 Å². The normalized spacial score (nSPS) is 11.9. The Hall–Kier alpha value is -3.85. The molecule has 10 heteroatoms. The third-order valence-electron chi connectivity index (χ3n) is 7.09. The van der Waals surface area contributed by atoms with E-state index in [1.54, 1.807) is 60.7 Å². The lowest BCUT2D eigenvalue weighted by molar-refractivity contribution is -0.140. The summed E-state index contributed by atoms with van der Waals surface area (Å²) in [6.07, 6.45) is 0.954. The molecule has 44 heavy (non-hydrogen) atoms. The van der Waals surface area contributed by atoms with Crippen molar-refractivity contribution in [3.8, 4) is 0 Å². The Kier molecular flexibility index (Phi) is 11.4. The fraction of sp³-hybridized carbons (Fsp3) is 0.235. The van der Waals surface area contributed by atoms with Crippen LogP contribution in [0.25, 0.3) is 0 Å². The molecule has 4 rings (SSSR count). The van der Waals surface area contributed by atoms with E-state index in [0.717, 1.165) is 21.0 Å². The predicted octanol–water partition coefficient (Wildman–Crippen LogP) is 6.66. The molecule has 0 heterocycles. The molecule has 0 fully saturated rings. The number of halogens is 2. The van der Waals surface area contributed by atoms with Gasteiger partial charge in [0.05, 0.1) is 10.6 Å².